The lowest BCUT2D eigenvalue weighted by Gasteiger charge is -2.11. The Balaban J connectivity index is 2.34. The number of pyridine rings is 1. The van der Waals surface area contributed by atoms with E-state index in [1.165, 1.54) is 12.3 Å². The first-order valence-electron chi connectivity index (χ1n) is 4.72. The second-order valence-electron chi connectivity index (χ2n) is 3.35. The molecule has 0 amide bonds. The molecule has 1 N–H and O–H groups in total. The van der Waals surface area contributed by atoms with Gasteiger partial charge in [-0.05, 0) is 11.6 Å². The molecular formula is C12H9ClFNO. The molecule has 0 aliphatic carbocycles. The highest BCUT2D eigenvalue weighted by Crippen LogP contribution is 2.24. The van der Waals surface area contributed by atoms with E-state index in [-0.39, 0.29) is 5.02 Å². The molecule has 0 saturated heterocycles. The third-order valence-corrected chi connectivity index (χ3v) is 2.51. The highest BCUT2D eigenvalue weighted by molar-refractivity contribution is 6.30. The molecule has 16 heavy (non-hydrogen) atoms. The second kappa shape index (κ2) is 4.60. The van der Waals surface area contributed by atoms with Crippen molar-refractivity contribution in [2.45, 2.75) is 6.10 Å². The average molecular weight is 238 g/mol. The van der Waals surface area contributed by atoms with Crippen LogP contribution in [0.4, 0.5) is 4.39 Å². The fourth-order valence-electron chi connectivity index (χ4n) is 1.41. The van der Waals surface area contributed by atoms with Crippen LogP contribution in [0.1, 0.15) is 17.2 Å². The molecule has 4 heteroatoms. The lowest BCUT2D eigenvalue weighted by molar-refractivity contribution is 0.219. The molecule has 0 radical (unpaired) electrons. The smallest absolute Gasteiger partial charge is 0.231 e. The minimum absolute atomic E-state index is 0.0903. The van der Waals surface area contributed by atoms with Crippen molar-refractivity contribution in [2.24, 2.45) is 0 Å². The molecule has 0 aliphatic heterocycles. The first-order valence-corrected chi connectivity index (χ1v) is 5.10. The van der Waals surface area contributed by atoms with E-state index in [4.69, 9.17) is 11.6 Å². The summed E-state index contributed by atoms with van der Waals surface area (Å²) in [6.45, 7) is 0. The van der Waals surface area contributed by atoms with Gasteiger partial charge in [-0.3, -0.25) is 0 Å². The normalized spacial score (nSPS) is 12.4. The Labute approximate surface area is 97.3 Å². The van der Waals surface area contributed by atoms with Crippen molar-refractivity contribution in [3.8, 4) is 0 Å². The van der Waals surface area contributed by atoms with Gasteiger partial charge in [-0.25, -0.2) is 4.98 Å². The van der Waals surface area contributed by atoms with Crippen molar-refractivity contribution in [3.05, 3.63) is 64.7 Å². The predicted molar refractivity (Wildman–Crippen MR) is 59.7 cm³/mol. The lowest BCUT2D eigenvalue weighted by Crippen LogP contribution is -2.01. The number of benzene rings is 1. The SMILES string of the molecule is OC(c1ccccc1)c1cnc(F)c(Cl)c1. The van der Waals surface area contributed by atoms with Crippen molar-refractivity contribution in [1.29, 1.82) is 0 Å². The number of rotatable bonds is 2. The number of aromatic nitrogens is 1. The van der Waals surface area contributed by atoms with Gasteiger partial charge in [0, 0.05) is 11.8 Å². The molecule has 0 saturated carbocycles. The Kier molecular flexibility index (Phi) is 3.17. The predicted octanol–water partition coefficient (Wildman–Crippen LogP) is 2.96. The first kappa shape index (κ1) is 11.0. The average Bonchev–Trinajstić information content (AvgIpc) is 2.33. The van der Waals surface area contributed by atoms with Crippen LogP contribution in [-0.4, -0.2) is 10.1 Å². The van der Waals surface area contributed by atoms with E-state index in [9.17, 15) is 9.50 Å². The number of aliphatic hydroxyl groups excluding tert-OH is 1. The molecule has 0 spiro atoms. The van der Waals surface area contributed by atoms with Crippen molar-refractivity contribution in [2.75, 3.05) is 0 Å². The summed E-state index contributed by atoms with van der Waals surface area (Å²) < 4.78 is 12.8. The summed E-state index contributed by atoms with van der Waals surface area (Å²) in [5.74, 6) is -0.731. The maximum Gasteiger partial charge on any atom is 0.231 e. The van der Waals surface area contributed by atoms with Crippen molar-refractivity contribution >= 4 is 11.6 Å². The molecule has 1 aromatic heterocycles. The molecule has 1 unspecified atom stereocenters. The molecule has 1 aromatic carbocycles. The summed E-state index contributed by atoms with van der Waals surface area (Å²) in [5, 5.41) is 9.90. The molecular weight excluding hydrogens is 229 g/mol. The molecule has 1 heterocycles. The maximum absolute atomic E-state index is 12.8. The Morgan fingerprint density at radius 3 is 2.50 bits per heavy atom. The standard InChI is InChI=1S/C12H9ClFNO/c13-10-6-9(7-15-12(10)14)11(16)8-4-2-1-3-5-8/h1-7,11,16H. The topological polar surface area (TPSA) is 33.1 Å². The minimum atomic E-state index is -0.841. The third-order valence-electron chi connectivity index (χ3n) is 2.25. The molecule has 82 valence electrons. The number of halogens is 2. The fourth-order valence-corrected chi connectivity index (χ4v) is 1.59. The van der Waals surface area contributed by atoms with Gasteiger partial charge in [0.15, 0.2) is 0 Å². The summed E-state index contributed by atoms with van der Waals surface area (Å²) in [5.41, 5.74) is 1.18. The molecule has 2 rings (SSSR count). The Morgan fingerprint density at radius 2 is 1.88 bits per heavy atom. The molecule has 0 aliphatic rings. The van der Waals surface area contributed by atoms with E-state index in [1.54, 1.807) is 12.1 Å². The first-order chi connectivity index (χ1) is 7.68. The van der Waals surface area contributed by atoms with E-state index >= 15 is 0 Å². The van der Waals surface area contributed by atoms with Crippen LogP contribution in [0, 0.1) is 5.95 Å². The minimum Gasteiger partial charge on any atom is -0.384 e. The summed E-state index contributed by atoms with van der Waals surface area (Å²) in [7, 11) is 0. The Hall–Kier alpha value is -1.45. The van der Waals surface area contributed by atoms with Gasteiger partial charge in [0.2, 0.25) is 5.95 Å². The van der Waals surface area contributed by atoms with Crippen LogP contribution in [0.15, 0.2) is 42.6 Å². The number of aliphatic hydroxyl groups is 1. The van der Waals surface area contributed by atoms with E-state index < -0.39 is 12.1 Å². The number of hydrogen-bond acceptors (Lipinski definition) is 2. The van der Waals surface area contributed by atoms with Gasteiger partial charge in [-0.2, -0.15) is 4.39 Å². The van der Waals surface area contributed by atoms with Gasteiger partial charge in [0.25, 0.3) is 0 Å². The van der Waals surface area contributed by atoms with Crippen LogP contribution < -0.4 is 0 Å². The molecule has 2 aromatic rings. The highest BCUT2D eigenvalue weighted by atomic mass is 35.5. The van der Waals surface area contributed by atoms with E-state index in [1.807, 2.05) is 18.2 Å². The third kappa shape index (κ3) is 2.21. The lowest BCUT2D eigenvalue weighted by atomic mass is 10.0. The number of hydrogen-bond donors (Lipinski definition) is 1. The van der Waals surface area contributed by atoms with E-state index in [0.29, 0.717) is 11.1 Å². The van der Waals surface area contributed by atoms with Gasteiger partial charge in [-0.1, -0.05) is 41.9 Å². The van der Waals surface area contributed by atoms with Gasteiger partial charge in [0.1, 0.15) is 6.10 Å². The Bertz CT molecular complexity index is 490. The second-order valence-corrected chi connectivity index (χ2v) is 3.76. The zero-order chi connectivity index (χ0) is 11.5. The Morgan fingerprint density at radius 1 is 1.19 bits per heavy atom. The van der Waals surface area contributed by atoms with E-state index in [0.717, 1.165) is 0 Å². The number of nitrogens with zero attached hydrogens (tertiary/aromatic N) is 1. The molecule has 1 atom stereocenters. The van der Waals surface area contributed by atoms with Gasteiger partial charge >= 0.3 is 0 Å². The van der Waals surface area contributed by atoms with Gasteiger partial charge in [-0.15, -0.1) is 0 Å². The zero-order valence-corrected chi connectivity index (χ0v) is 9.03. The maximum atomic E-state index is 12.8. The van der Waals surface area contributed by atoms with Crippen LogP contribution in [0.2, 0.25) is 5.02 Å². The molecule has 0 bridgehead atoms. The fraction of sp³-hybridized carbons (Fsp3) is 0.0833. The monoisotopic (exact) mass is 237 g/mol. The van der Waals surface area contributed by atoms with Crippen molar-refractivity contribution < 1.29 is 9.50 Å². The van der Waals surface area contributed by atoms with Crippen molar-refractivity contribution in [3.63, 3.8) is 0 Å². The summed E-state index contributed by atoms with van der Waals surface area (Å²) >= 11 is 5.60. The van der Waals surface area contributed by atoms with Crippen LogP contribution >= 0.6 is 11.6 Å². The quantitative estimate of drug-likeness (QED) is 0.815. The van der Waals surface area contributed by atoms with Crippen LogP contribution in [0.3, 0.4) is 0 Å². The van der Waals surface area contributed by atoms with Crippen molar-refractivity contribution in [1.82, 2.24) is 4.98 Å². The molecule has 0 fully saturated rings. The van der Waals surface area contributed by atoms with Crippen LogP contribution in [0.25, 0.3) is 0 Å². The summed E-state index contributed by atoms with van der Waals surface area (Å²) in [4.78, 5) is 3.47. The molecule has 2 nitrogen and oxygen atoms in total. The summed E-state index contributed by atoms with van der Waals surface area (Å²) in [6.07, 6.45) is 0.436. The van der Waals surface area contributed by atoms with Crippen LogP contribution in [-0.2, 0) is 0 Å². The summed E-state index contributed by atoms with van der Waals surface area (Å²) in [6, 6.07) is 10.4. The largest absolute Gasteiger partial charge is 0.384 e. The highest BCUT2D eigenvalue weighted by Gasteiger charge is 2.12. The van der Waals surface area contributed by atoms with E-state index in [2.05, 4.69) is 4.98 Å². The van der Waals surface area contributed by atoms with Crippen LogP contribution in [0.5, 0.6) is 0 Å². The van der Waals surface area contributed by atoms with Gasteiger partial charge < -0.3 is 5.11 Å². The van der Waals surface area contributed by atoms with Gasteiger partial charge in [0.05, 0.1) is 5.02 Å². The zero-order valence-electron chi connectivity index (χ0n) is 8.27.